The lowest BCUT2D eigenvalue weighted by atomic mass is 10.1. The molecule has 31 heavy (non-hydrogen) atoms. The Morgan fingerprint density at radius 2 is 1.90 bits per heavy atom. The minimum absolute atomic E-state index is 0.335. The standard InChI is InChI=1S/C15H27N3O11P2/c1-2-3-4-5-7-16-11-6-8-18(15(21)17-11)14-13(20)12(19)10(28-14)9-27-31(25,26)29-30(22,23)24/h6,8,10,12-14,19-20H,2-5,7,9H2,1H3,(H,25,26)(H,16,17,21)(H2,22,23,24)/t10-,12?,13?,14-/m1/s1. The van der Waals surface area contributed by atoms with Crippen LogP contribution in [0.25, 0.3) is 0 Å². The van der Waals surface area contributed by atoms with Gasteiger partial charge in [-0.15, -0.1) is 0 Å². The van der Waals surface area contributed by atoms with Gasteiger partial charge in [-0.1, -0.05) is 26.2 Å². The SMILES string of the molecule is CCCCCCNc1ccn([C@@H]2O[C@H](COP(=O)(O)OP(=O)(O)O)C(O)C2O)c(=O)n1. The van der Waals surface area contributed by atoms with Crippen molar-refractivity contribution in [1.29, 1.82) is 0 Å². The maximum absolute atomic E-state index is 12.3. The fourth-order valence-corrected chi connectivity index (χ4v) is 4.49. The van der Waals surface area contributed by atoms with E-state index in [-0.39, 0.29) is 0 Å². The van der Waals surface area contributed by atoms with E-state index in [9.17, 15) is 29.0 Å². The van der Waals surface area contributed by atoms with E-state index in [1.165, 1.54) is 12.3 Å². The number of phosphoric acid groups is 2. The van der Waals surface area contributed by atoms with Crippen molar-refractivity contribution in [2.75, 3.05) is 18.5 Å². The lowest BCUT2D eigenvalue weighted by Gasteiger charge is -2.18. The molecule has 0 bridgehead atoms. The molecule has 6 N–H and O–H groups in total. The zero-order chi connectivity index (χ0) is 23.2. The lowest BCUT2D eigenvalue weighted by molar-refractivity contribution is -0.0541. The number of hydrogen-bond acceptors (Lipinski definition) is 10. The monoisotopic (exact) mass is 487 g/mol. The van der Waals surface area contributed by atoms with Crippen LogP contribution < -0.4 is 11.0 Å². The molecule has 5 atom stereocenters. The highest BCUT2D eigenvalue weighted by molar-refractivity contribution is 7.60. The first-order valence-corrected chi connectivity index (χ1v) is 12.5. The minimum Gasteiger partial charge on any atom is -0.387 e. The van der Waals surface area contributed by atoms with Gasteiger partial charge >= 0.3 is 21.3 Å². The largest absolute Gasteiger partial charge is 0.481 e. The molecule has 0 amide bonds. The maximum Gasteiger partial charge on any atom is 0.481 e. The van der Waals surface area contributed by atoms with Crippen molar-refractivity contribution in [3.8, 4) is 0 Å². The number of nitrogens with one attached hydrogen (secondary N) is 1. The topological polar surface area (TPSA) is 210 Å². The highest BCUT2D eigenvalue weighted by Gasteiger charge is 2.45. The number of aromatic nitrogens is 2. The second kappa shape index (κ2) is 11.1. The number of aliphatic hydroxyl groups excluding tert-OH is 2. The fraction of sp³-hybridized carbons (Fsp3) is 0.733. The highest BCUT2D eigenvalue weighted by atomic mass is 31.3. The van der Waals surface area contributed by atoms with Gasteiger partial charge in [0.1, 0.15) is 24.1 Å². The highest BCUT2D eigenvalue weighted by Crippen LogP contribution is 2.57. The van der Waals surface area contributed by atoms with Crippen LogP contribution in [-0.4, -0.2) is 65.9 Å². The normalized spacial score (nSPS) is 26.0. The molecule has 1 aliphatic heterocycles. The molecule has 0 saturated carbocycles. The molecule has 0 radical (unpaired) electrons. The molecule has 14 nitrogen and oxygen atoms in total. The Balaban J connectivity index is 1.98. The summed E-state index contributed by atoms with van der Waals surface area (Å²) in [5, 5.41) is 23.3. The van der Waals surface area contributed by atoms with E-state index < -0.39 is 52.5 Å². The quantitative estimate of drug-likeness (QED) is 0.171. The summed E-state index contributed by atoms with van der Waals surface area (Å²) in [4.78, 5) is 42.6. The van der Waals surface area contributed by atoms with Crippen LogP contribution in [0.5, 0.6) is 0 Å². The van der Waals surface area contributed by atoms with Crippen molar-refractivity contribution in [3.05, 3.63) is 22.7 Å². The van der Waals surface area contributed by atoms with Crippen molar-refractivity contribution in [3.63, 3.8) is 0 Å². The number of rotatable bonds is 12. The van der Waals surface area contributed by atoms with E-state index in [0.717, 1.165) is 30.3 Å². The van der Waals surface area contributed by atoms with Gasteiger partial charge in [-0.2, -0.15) is 9.29 Å². The van der Waals surface area contributed by atoms with Crippen molar-refractivity contribution in [2.45, 2.75) is 57.1 Å². The molecule has 1 saturated heterocycles. The smallest absolute Gasteiger partial charge is 0.387 e. The summed E-state index contributed by atoms with van der Waals surface area (Å²) in [6.07, 6.45) is -0.541. The first kappa shape index (κ1) is 26.1. The average molecular weight is 487 g/mol. The van der Waals surface area contributed by atoms with E-state index in [2.05, 4.69) is 26.1 Å². The second-order valence-corrected chi connectivity index (χ2v) is 9.70. The van der Waals surface area contributed by atoms with Crippen LogP contribution in [0.15, 0.2) is 17.1 Å². The number of unbranched alkanes of at least 4 members (excludes halogenated alkanes) is 3. The second-order valence-electron chi connectivity index (χ2n) is 6.87. The van der Waals surface area contributed by atoms with E-state index in [1.807, 2.05) is 0 Å². The summed E-state index contributed by atoms with van der Waals surface area (Å²) in [6.45, 7) is 1.87. The third kappa shape index (κ3) is 8.03. The van der Waals surface area contributed by atoms with Gasteiger partial charge in [0.25, 0.3) is 0 Å². The van der Waals surface area contributed by atoms with Crippen molar-refractivity contribution >= 4 is 21.5 Å². The van der Waals surface area contributed by atoms with Gasteiger partial charge in [0, 0.05) is 12.7 Å². The molecule has 1 fully saturated rings. The number of phosphoric ester groups is 1. The third-order valence-corrected chi connectivity index (χ3v) is 6.54. The van der Waals surface area contributed by atoms with Crippen molar-refractivity contribution < 1.29 is 47.6 Å². The Hall–Kier alpha value is -1.18. The van der Waals surface area contributed by atoms with E-state index in [1.54, 1.807) is 0 Å². The molecular formula is C15H27N3O11P2. The number of anilines is 1. The predicted octanol–water partition coefficient (Wildman–Crippen LogP) is 0.0810. The van der Waals surface area contributed by atoms with E-state index >= 15 is 0 Å². The minimum atomic E-state index is -5.31. The molecular weight excluding hydrogens is 460 g/mol. The first-order valence-electron chi connectivity index (χ1n) is 9.52. The van der Waals surface area contributed by atoms with Crippen LogP contribution in [0.4, 0.5) is 5.82 Å². The maximum atomic E-state index is 12.3. The molecule has 16 heteroatoms. The number of hydrogen-bond donors (Lipinski definition) is 6. The molecule has 0 aromatic carbocycles. The van der Waals surface area contributed by atoms with Crippen molar-refractivity contribution in [1.82, 2.24) is 9.55 Å². The lowest BCUT2D eigenvalue weighted by Crippen LogP contribution is -2.36. The van der Waals surface area contributed by atoms with E-state index in [4.69, 9.17) is 14.5 Å². The zero-order valence-electron chi connectivity index (χ0n) is 16.7. The molecule has 1 aromatic rings. The number of nitrogens with zero attached hydrogens (tertiary/aromatic N) is 2. The van der Waals surface area contributed by atoms with Gasteiger partial charge in [-0.05, 0) is 12.5 Å². The summed E-state index contributed by atoms with van der Waals surface area (Å²) in [7, 11) is -10.5. The molecule has 1 aromatic heterocycles. The number of ether oxygens (including phenoxy) is 1. The molecule has 0 spiro atoms. The van der Waals surface area contributed by atoms with E-state index in [0.29, 0.717) is 12.4 Å². The van der Waals surface area contributed by atoms with Crippen LogP contribution in [0, 0.1) is 0 Å². The average Bonchev–Trinajstić information content (AvgIpc) is 2.93. The Labute approximate surface area is 177 Å². The van der Waals surface area contributed by atoms with Crippen molar-refractivity contribution in [2.24, 2.45) is 0 Å². The van der Waals surface area contributed by atoms with Gasteiger partial charge < -0.3 is 34.9 Å². The van der Waals surface area contributed by atoms with Crippen LogP contribution in [0.2, 0.25) is 0 Å². The molecule has 178 valence electrons. The Morgan fingerprint density at radius 3 is 2.52 bits per heavy atom. The first-order chi connectivity index (χ1) is 14.4. The Kier molecular flexibility index (Phi) is 9.34. The summed E-state index contributed by atoms with van der Waals surface area (Å²) in [5.74, 6) is 0.335. The summed E-state index contributed by atoms with van der Waals surface area (Å²) in [5.41, 5.74) is -0.769. The fourth-order valence-electron chi connectivity index (χ4n) is 2.90. The molecule has 1 aliphatic rings. The Morgan fingerprint density at radius 1 is 1.19 bits per heavy atom. The van der Waals surface area contributed by atoms with Crippen LogP contribution in [-0.2, 0) is 22.7 Å². The predicted molar refractivity (Wildman–Crippen MR) is 106 cm³/mol. The van der Waals surface area contributed by atoms with Gasteiger partial charge in [0.15, 0.2) is 6.23 Å². The molecule has 3 unspecified atom stereocenters. The van der Waals surface area contributed by atoms with Gasteiger partial charge in [-0.25, -0.2) is 13.9 Å². The summed E-state index contributed by atoms with van der Waals surface area (Å²) < 4.78 is 36.5. The third-order valence-electron chi connectivity index (χ3n) is 4.39. The van der Waals surface area contributed by atoms with Crippen LogP contribution >= 0.6 is 15.6 Å². The van der Waals surface area contributed by atoms with Gasteiger partial charge in [0.2, 0.25) is 0 Å². The molecule has 0 aliphatic carbocycles. The van der Waals surface area contributed by atoms with Crippen LogP contribution in [0.1, 0.15) is 38.8 Å². The summed E-state index contributed by atoms with van der Waals surface area (Å²) >= 11 is 0. The number of aliphatic hydroxyl groups is 2. The van der Waals surface area contributed by atoms with Gasteiger partial charge in [0.05, 0.1) is 6.61 Å². The summed E-state index contributed by atoms with van der Waals surface area (Å²) in [6, 6.07) is 1.49. The van der Waals surface area contributed by atoms with Crippen LogP contribution in [0.3, 0.4) is 0 Å². The Bertz CT molecular complexity index is 876. The molecule has 2 heterocycles. The zero-order valence-corrected chi connectivity index (χ0v) is 18.5. The molecule has 2 rings (SSSR count). The van der Waals surface area contributed by atoms with Gasteiger partial charge in [-0.3, -0.25) is 9.09 Å².